The van der Waals surface area contributed by atoms with Gasteiger partial charge in [0.15, 0.2) is 0 Å². The second-order valence-corrected chi connectivity index (χ2v) is 5.24. The van der Waals surface area contributed by atoms with Crippen molar-refractivity contribution < 1.29 is 0 Å². The summed E-state index contributed by atoms with van der Waals surface area (Å²) < 4.78 is 0. The van der Waals surface area contributed by atoms with Crippen LogP contribution in [-0.4, -0.2) is 11.8 Å². The Bertz CT molecular complexity index is 219. The normalized spacial score (nSPS) is 15.6. The topological polar surface area (TPSA) is 26.0 Å². The van der Waals surface area contributed by atoms with Crippen molar-refractivity contribution in [3.05, 3.63) is 22.4 Å². The summed E-state index contributed by atoms with van der Waals surface area (Å²) in [6.07, 6.45) is 1.22. The minimum atomic E-state index is 0.242. The van der Waals surface area contributed by atoms with E-state index in [1.807, 2.05) is 11.8 Å². The molecule has 0 saturated heterocycles. The molecule has 1 nitrogen and oxygen atoms in total. The number of thioether (sulfide) groups is 1. The van der Waals surface area contributed by atoms with E-state index in [2.05, 4.69) is 30.7 Å². The highest BCUT2D eigenvalue weighted by atomic mass is 32.2. The molecule has 1 aromatic heterocycles. The van der Waals surface area contributed by atoms with Crippen molar-refractivity contribution in [3.8, 4) is 0 Å². The van der Waals surface area contributed by atoms with E-state index >= 15 is 0 Å². The van der Waals surface area contributed by atoms with Crippen LogP contribution < -0.4 is 5.73 Å². The second kappa shape index (κ2) is 5.68. The molecule has 1 heterocycles. The van der Waals surface area contributed by atoms with Gasteiger partial charge in [0.2, 0.25) is 0 Å². The van der Waals surface area contributed by atoms with E-state index in [9.17, 15) is 0 Å². The van der Waals surface area contributed by atoms with Crippen LogP contribution in [0.4, 0.5) is 0 Å². The second-order valence-electron chi connectivity index (χ2n) is 3.21. The van der Waals surface area contributed by atoms with Crippen molar-refractivity contribution in [1.82, 2.24) is 0 Å². The van der Waals surface area contributed by atoms with E-state index in [0.29, 0.717) is 5.25 Å². The zero-order valence-electron chi connectivity index (χ0n) is 8.19. The van der Waals surface area contributed by atoms with E-state index in [0.717, 1.165) is 0 Å². The first-order valence-electron chi connectivity index (χ1n) is 4.65. The summed E-state index contributed by atoms with van der Waals surface area (Å²) in [5.74, 6) is 1.20. The number of hydrogen-bond acceptors (Lipinski definition) is 3. The summed E-state index contributed by atoms with van der Waals surface area (Å²) in [6.45, 7) is 4.30. The Balaban J connectivity index is 2.58. The summed E-state index contributed by atoms with van der Waals surface area (Å²) >= 11 is 3.72. The van der Waals surface area contributed by atoms with Gasteiger partial charge >= 0.3 is 0 Å². The van der Waals surface area contributed by atoms with Gasteiger partial charge in [-0.05, 0) is 41.5 Å². The molecule has 0 radical (unpaired) electrons. The highest BCUT2D eigenvalue weighted by Gasteiger charge is 2.16. The number of rotatable bonds is 5. The van der Waals surface area contributed by atoms with Crippen LogP contribution in [0.2, 0.25) is 0 Å². The van der Waals surface area contributed by atoms with Crippen LogP contribution in [0.3, 0.4) is 0 Å². The van der Waals surface area contributed by atoms with Crippen LogP contribution in [-0.2, 0) is 0 Å². The molecule has 2 unspecified atom stereocenters. The lowest BCUT2D eigenvalue weighted by Gasteiger charge is -2.18. The molecule has 0 saturated carbocycles. The van der Waals surface area contributed by atoms with Crippen molar-refractivity contribution >= 4 is 23.1 Å². The molecular formula is C10H17NS2. The van der Waals surface area contributed by atoms with Crippen molar-refractivity contribution in [1.29, 1.82) is 0 Å². The van der Waals surface area contributed by atoms with Gasteiger partial charge in [0.1, 0.15) is 0 Å². The minimum Gasteiger partial charge on any atom is -0.327 e. The van der Waals surface area contributed by atoms with E-state index in [4.69, 9.17) is 5.73 Å². The third kappa shape index (κ3) is 3.33. The predicted molar refractivity (Wildman–Crippen MR) is 63.5 cm³/mol. The molecule has 0 aliphatic carbocycles. The molecule has 0 amide bonds. The Morgan fingerprint density at radius 2 is 2.38 bits per heavy atom. The van der Waals surface area contributed by atoms with Crippen LogP contribution in [0, 0.1) is 0 Å². The van der Waals surface area contributed by atoms with Gasteiger partial charge in [-0.2, -0.15) is 23.1 Å². The fourth-order valence-electron chi connectivity index (χ4n) is 1.23. The monoisotopic (exact) mass is 215 g/mol. The molecule has 2 atom stereocenters. The standard InChI is InChI=1S/C10H17NS2/c1-3-5-13-10(8(2)11)9-4-6-12-7-9/h4,6-8,10H,3,5,11H2,1-2H3. The fourth-order valence-corrected chi connectivity index (χ4v) is 3.15. The zero-order valence-corrected chi connectivity index (χ0v) is 9.83. The van der Waals surface area contributed by atoms with Crippen LogP contribution in [0.1, 0.15) is 31.1 Å². The molecule has 13 heavy (non-hydrogen) atoms. The predicted octanol–water partition coefficient (Wildman–Crippen LogP) is 3.28. The van der Waals surface area contributed by atoms with Crippen molar-refractivity contribution in [3.63, 3.8) is 0 Å². The van der Waals surface area contributed by atoms with Gasteiger partial charge in [-0.25, -0.2) is 0 Å². The molecular weight excluding hydrogens is 198 g/mol. The van der Waals surface area contributed by atoms with Gasteiger partial charge in [0, 0.05) is 11.3 Å². The van der Waals surface area contributed by atoms with E-state index < -0.39 is 0 Å². The molecule has 3 heteroatoms. The number of hydrogen-bond donors (Lipinski definition) is 1. The van der Waals surface area contributed by atoms with E-state index in [1.54, 1.807) is 11.3 Å². The number of nitrogens with two attached hydrogens (primary N) is 1. The Morgan fingerprint density at radius 1 is 1.62 bits per heavy atom. The molecule has 74 valence electrons. The van der Waals surface area contributed by atoms with Crippen molar-refractivity contribution in [2.24, 2.45) is 5.73 Å². The molecule has 0 aromatic carbocycles. The van der Waals surface area contributed by atoms with Crippen LogP contribution in [0.15, 0.2) is 16.8 Å². The Morgan fingerprint density at radius 3 is 2.85 bits per heavy atom. The SMILES string of the molecule is CCCSC(c1ccsc1)C(C)N. The maximum Gasteiger partial charge on any atom is 0.0453 e. The first-order chi connectivity index (χ1) is 6.25. The minimum absolute atomic E-state index is 0.242. The Kier molecular flexibility index (Phi) is 4.84. The largest absolute Gasteiger partial charge is 0.327 e. The van der Waals surface area contributed by atoms with Crippen molar-refractivity contribution in [2.75, 3.05) is 5.75 Å². The van der Waals surface area contributed by atoms with Gasteiger partial charge in [-0.15, -0.1) is 0 Å². The average molecular weight is 215 g/mol. The van der Waals surface area contributed by atoms with Crippen molar-refractivity contribution in [2.45, 2.75) is 31.6 Å². The molecule has 0 aliphatic rings. The molecule has 1 aromatic rings. The first-order valence-corrected chi connectivity index (χ1v) is 6.64. The van der Waals surface area contributed by atoms with Gasteiger partial charge in [-0.1, -0.05) is 6.92 Å². The van der Waals surface area contributed by atoms with Crippen LogP contribution in [0.5, 0.6) is 0 Å². The zero-order chi connectivity index (χ0) is 9.68. The molecule has 0 bridgehead atoms. The smallest absolute Gasteiger partial charge is 0.0453 e. The van der Waals surface area contributed by atoms with Gasteiger partial charge < -0.3 is 5.73 Å². The summed E-state index contributed by atoms with van der Waals surface area (Å²) in [6, 6.07) is 2.42. The maximum atomic E-state index is 5.95. The average Bonchev–Trinajstić information content (AvgIpc) is 2.57. The first kappa shape index (κ1) is 11.1. The Hall–Kier alpha value is 0.01000. The summed E-state index contributed by atoms with van der Waals surface area (Å²) in [7, 11) is 0. The lowest BCUT2D eigenvalue weighted by Crippen LogP contribution is -2.22. The van der Waals surface area contributed by atoms with E-state index in [-0.39, 0.29) is 6.04 Å². The maximum absolute atomic E-state index is 5.95. The van der Waals surface area contributed by atoms with Gasteiger partial charge in [0.05, 0.1) is 0 Å². The molecule has 0 aliphatic heterocycles. The van der Waals surface area contributed by atoms with Gasteiger partial charge in [-0.3, -0.25) is 0 Å². The summed E-state index contributed by atoms with van der Waals surface area (Å²) in [4.78, 5) is 0. The molecule has 2 N–H and O–H groups in total. The third-order valence-electron chi connectivity index (χ3n) is 1.85. The van der Waals surface area contributed by atoms with E-state index in [1.165, 1.54) is 17.7 Å². The Labute approximate surface area is 88.7 Å². The summed E-state index contributed by atoms with van der Waals surface area (Å²) in [5.41, 5.74) is 7.34. The van der Waals surface area contributed by atoms with Crippen LogP contribution >= 0.6 is 23.1 Å². The third-order valence-corrected chi connectivity index (χ3v) is 4.26. The molecule has 0 fully saturated rings. The highest BCUT2D eigenvalue weighted by Crippen LogP contribution is 2.32. The van der Waals surface area contributed by atoms with Gasteiger partial charge in [0.25, 0.3) is 0 Å². The fraction of sp³-hybridized carbons (Fsp3) is 0.600. The van der Waals surface area contributed by atoms with Crippen LogP contribution in [0.25, 0.3) is 0 Å². The molecule has 1 rings (SSSR count). The number of thiophene rings is 1. The quantitative estimate of drug-likeness (QED) is 0.815. The summed E-state index contributed by atoms with van der Waals surface area (Å²) in [5, 5.41) is 4.81. The lowest BCUT2D eigenvalue weighted by atomic mass is 10.1. The lowest BCUT2D eigenvalue weighted by molar-refractivity contribution is 0.722. The molecule has 0 spiro atoms. The highest BCUT2D eigenvalue weighted by molar-refractivity contribution is 7.99.